The molecular formula is C7H3Br3N2O. The maximum Gasteiger partial charge on any atom is 0.162 e. The first-order valence-corrected chi connectivity index (χ1v) is 5.75. The number of rotatable bonds is 0. The largest absolute Gasteiger partial charge is 0.243 e. The number of halogens is 3. The molecule has 0 aliphatic carbocycles. The van der Waals surface area contributed by atoms with Gasteiger partial charge in [0.1, 0.15) is 11.0 Å². The van der Waals surface area contributed by atoms with Crippen LogP contribution in [0.15, 0.2) is 22.8 Å². The second-order valence-electron chi connectivity index (χ2n) is 2.44. The fourth-order valence-corrected chi connectivity index (χ4v) is 1.99. The Kier molecular flexibility index (Phi) is 2.46. The van der Waals surface area contributed by atoms with Crippen LogP contribution in [0.4, 0.5) is 0 Å². The third-order valence-electron chi connectivity index (χ3n) is 1.59. The molecule has 13 heavy (non-hydrogen) atoms. The Morgan fingerprint density at radius 3 is 2.62 bits per heavy atom. The van der Waals surface area contributed by atoms with E-state index < -0.39 is 2.14 Å². The molecule has 2 aromatic rings. The van der Waals surface area contributed by atoms with E-state index in [0.29, 0.717) is 0 Å². The molecule has 1 aromatic carbocycles. The summed E-state index contributed by atoms with van der Waals surface area (Å²) >= 11 is 10.2. The van der Waals surface area contributed by atoms with Gasteiger partial charge in [-0.1, -0.05) is 59.9 Å². The molecule has 0 amide bonds. The second-order valence-corrected chi connectivity index (χ2v) is 9.20. The van der Waals surface area contributed by atoms with Gasteiger partial charge in [-0.2, -0.15) is 0 Å². The van der Waals surface area contributed by atoms with E-state index in [9.17, 15) is 0 Å². The van der Waals surface area contributed by atoms with E-state index in [1.54, 1.807) is 0 Å². The van der Waals surface area contributed by atoms with Crippen molar-refractivity contribution in [2.45, 2.75) is 2.14 Å². The molecule has 3 nitrogen and oxygen atoms in total. The van der Waals surface area contributed by atoms with Crippen LogP contribution in [0.2, 0.25) is 0 Å². The van der Waals surface area contributed by atoms with Crippen molar-refractivity contribution in [1.29, 1.82) is 0 Å². The predicted molar refractivity (Wildman–Crippen MR) is 60.3 cm³/mol. The van der Waals surface area contributed by atoms with Crippen LogP contribution in [-0.4, -0.2) is 10.3 Å². The number of benzene rings is 1. The number of fused-ring (bicyclic) bond motifs is 1. The van der Waals surface area contributed by atoms with Gasteiger partial charge >= 0.3 is 0 Å². The van der Waals surface area contributed by atoms with Crippen LogP contribution in [0, 0.1) is 0 Å². The van der Waals surface area contributed by atoms with E-state index >= 15 is 0 Å². The highest BCUT2D eigenvalue weighted by Gasteiger charge is 2.25. The molecule has 6 heteroatoms. The smallest absolute Gasteiger partial charge is 0.162 e. The zero-order valence-electron chi connectivity index (χ0n) is 6.17. The summed E-state index contributed by atoms with van der Waals surface area (Å²) in [5, 5.41) is 7.55. The van der Waals surface area contributed by atoms with Crippen molar-refractivity contribution in [3.05, 3.63) is 23.8 Å². The van der Waals surface area contributed by atoms with Crippen LogP contribution in [0.25, 0.3) is 11.0 Å². The first-order chi connectivity index (χ1) is 6.09. The first-order valence-electron chi connectivity index (χ1n) is 3.37. The summed E-state index contributed by atoms with van der Waals surface area (Å²) in [7, 11) is 0. The minimum Gasteiger partial charge on any atom is -0.243 e. The molecule has 0 bridgehead atoms. The fourth-order valence-electron chi connectivity index (χ4n) is 1.03. The third-order valence-corrected chi connectivity index (χ3v) is 2.87. The number of aromatic nitrogens is 2. The van der Waals surface area contributed by atoms with Crippen LogP contribution in [0.1, 0.15) is 5.56 Å². The molecule has 1 aromatic heterocycles. The molecule has 0 fully saturated rings. The molecule has 0 spiro atoms. The summed E-state index contributed by atoms with van der Waals surface area (Å²) in [6, 6.07) is 5.65. The average molecular weight is 371 g/mol. The van der Waals surface area contributed by atoms with Gasteiger partial charge < -0.3 is 0 Å². The quantitative estimate of drug-likeness (QED) is 0.666. The molecule has 68 valence electrons. The summed E-state index contributed by atoms with van der Waals surface area (Å²) in [5.74, 6) is 0. The van der Waals surface area contributed by atoms with Crippen LogP contribution in [0.3, 0.4) is 0 Å². The van der Waals surface area contributed by atoms with E-state index in [1.165, 1.54) is 0 Å². The van der Waals surface area contributed by atoms with E-state index in [-0.39, 0.29) is 0 Å². The van der Waals surface area contributed by atoms with Gasteiger partial charge in [-0.15, -0.1) is 0 Å². The van der Waals surface area contributed by atoms with Gasteiger partial charge in [0.25, 0.3) is 0 Å². The van der Waals surface area contributed by atoms with Gasteiger partial charge in [0, 0.05) is 5.56 Å². The summed E-state index contributed by atoms with van der Waals surface area (Å²) in [6.07, 6.45) is 0. The summed E-state index contributed by atoms with van der Waals surface area (Å²) in [5.41, 5.74) is 2.39. The molecule has 0 radical (unpaired) electrons. The number of hydrogen-bond acceptors (Lipinski definition) is 3. The van der Waals surface area contributed by atoms with Crippen molar-refractivity contribution in [3.8, 4) is 0 Å². The van der Waals surface area contributed by atoms with Crippen LogP contribution in [0.5, 0.6) is 0 Å². The maximum absolute atomic E-state index is 4.64. The highest BCUT2D eigenvalue weighted by atomic mass is 80.0. The predicted octanol–water partition coefficient (Wildman–Crippen LogP) is 3.52. The highest BCUT2D eigenvalue weighted by molar-refractivity contribution is 9.38. The van der Waals surface area contributed by atoms with Crippen LogP contribution in [-0.2, 0) is 2.14 Å². The summed E-state index contributed by atoms with van der Waals surface area (Å²) in [6.45, 7) is 0. The van der Waals surface area contributed by atoms with E-state index in [1.807, 2.05) is 18.2 Å². The number of nitrogens with zero attached hydrogens (tertiary/aromatic N) is 2. The Balaban J connectivity index is 2.75. The van der Waals surface area contributed by atoms with Crippen molar-refractivity contribution in [1.82, 2.24) is 10.3 Å². The Bertz CT molecular complexity index is 434. The molecule has 0 aliphatic rings. The Morgan fingerprint density at radius 1 is 1.15 bits per heavy atom. The van der Waals surface area contributed by atoms with Crippen molar-refractivity contribution < 1.29 is 4.63 Å². The zero-order valence-corrected chi connectivity index (χ0v) is 10.9. The first kappa shape index (κ1) is 9.61. The van der Waals surface area contributed by atoms with Crippen molar-refractivity contribution in [2.24, 2.45) is 0 Å². The van der Waals surface area contributed by atoms with Gasteiger partial charge in [0.05, 0.1) is 0 Å². The van der Waals surface area contributed by atoms with E-state index in [0.717, 1.165) is 16.6 Å². The summed E-state index contributed by atoms with van der Waals surface area (Å²) in [4.78, 5) is 0. The van der Waals surface area contributed by atoms with Gasteiger partial charge in [0.15, 0.2) is 2.14 Å². The van der Waals surface area contributed by atoms with Crippen molar-refractivity contribution in [2.75, 3.05) is 0 Å². The normalized spacial score (nSPS) is 12.2. The molecule has 0 N–H and O–H groups in total. The van der Waals surface area contributed by atoms with Crippen LogP contribution < -0.4 is 0 Å². The van der Waals surface area contributed by atoms with Gasteiger partial charge in [0.2, 0.25) is 0 Å². The zero-order chi connectivity index (χ0) is 9.47. The lowest BCUT2D eigenvalue weighted by Crippen LogP contribution is -1.98. The number of hydrogen-bond donors (Lipinski definition) is 0. The van der Waals surface area contributed by atoms with Gasteiger partial charge in [-0.3, -0.25) is 0 Å². The monoisotopic (exact) mass is 368 g/mol. The lowest BCUT2D eigenvalue weighted by atomic mass is 10.2. The van der Waals surface area contributed by atoms with E-state index in [2.05, 4.69) is 62.7 Å². The van der Waals surface area contributed by atoms with Crippen LogP contribution >= 0.6 is 47.8 Å². The maximum atomic E-state index is 4.64. The summed E-state index contributed by atoms with van der Waals surface area (Å²) < 4.78 is 4.16. The number of alkyl halides is 3. The molecule has 0 atom stereocenters. The molecule has 1 heterocycles. The lowest BCUT2D eigenvalue weighted by Gasteiger charge is -2.11. The minimum absolute atomic E-state index is 0.481. The SMILES string of the molecule is BrC(Br)(Br)c1cccc2nonc12. The van der Waals surface area contributed by atoms with E-state index in [4.69, 9.17) is 0 Å². The molecule has 0 unspecified atom stereocenters. The molecule has 0 saturated carbocycles. The Labute approximate surface area is 99.2 Å². The van der Waals surface area contributed by atoms with Gasteiger partial charge in [-0.05, 0) is 16.4 Å². The third kappa shape index (κ3) is 1.80. The molecule has 0 aliphatic heterocycles. The fraction of sp³-hybridized carbons (Fsp3) is 0.143. The molecule has 0 saturated heterocycles. The Hall–Kier alpha value is 0.0600. The van der Waals surface area contributed by atoms with Crippen molar-refractivity contribution in [3.63, 3.8) is 0 Å². The average Bonchev–Trinajstić information content (AvgIpc) is 2.48. The highest BCUT2D eigenvalue weighted by Crippen LogP contribution is 2.46. The van der Waals surface area contributed by atoms with Gasteiger partial charge in [-0.25, -0.2) is 4.63 Å². The van der Waals surface area contributed by atoms with Crippen molar-refractivity contribution >= 4 is 58.8 Å². The Morgan fingerprint density at radius 2 is 1.92 bits per heavy atom. The standard InChI is InChI=1S/C7H3Br3N2O/c8-7(9,10)4-2-1-3-5-6(4)12-13-11-5/h1-3H. The molecule has 2 rings (SSSR count). The second kappa shape index (κ2) is 3.33. The topological polar surface area (TPSA) is 38.9 Å². The molecular weight excluding hydrogens is 368 g/mol. The lowest BCUT2D eigenvalue weighted by molar-refractivity contribution is 0.315. The minimum atomic E-state index is -0.481.